The molecule has 0 bridgehead atoms. The first-order chi connectivity index (χ1) is 11.5. The molecule has 3 aromatic rings. The number of aromatic nitrogens is 3. The Balaban J connectivity index is 1.76. The number of nitrogens with zero attached hydrogens (tertiary/aromatic N) is 4. The minimum Gasteiger partial charge on any atom is -0.423 e. The molecule has 2 aromatic heterocycles. The number of nitriles is 1. The highest BCUT2D eigenvalue weighted by Gasteiger charge is 2.30. The molecule has 0 radical (unpaired) electrons. The first-order valence-electron chi connectivity index (χ1n) is 6.58. The Morgan fingerprint density at radius 3 is 2.25 bits per heavy atom. The van der Waals surface area contributed by atoms with Crippen LogP contribution in [-0.4, -0.2) is 15.0 Å². The van der Waals surface area contributed by atoms with E-state index in [0.29, 0.717) is 17.0 Å². The van der Waals surface area contributed by atoms with Crippen LogP contribution in [0.15, 0.2) is 47.3 Å². The van der Waals surface area contributed by atoms with E-state index in [2.05, 4.69) is 20.3 Å². The molecule has 0 aliphatic heterocycles. The number of halogens is 3. The van der Waals surface area contributed by atoms with Crippen molar-refractivity contribution in [1.29, 1.82) is 5.26 Å². The summed E-state index contributed by atoms with van der Waals surface area (Å²) in [7, 11) is 0. The Bertz CT molecular complexity index is 879. The standard InChI is InChI=1S/C15H8F3N5O/c16-15(17,18)10-3-1-9(2-4-10)12-8-22-14(24-12)23-11-6-20-13(5-19)21-7-11/h1-4,6-8H,(H,22,23). The van der Waals surface area contributed by atoms with Gasteiger partial charge in [-0.1, -0.05) is 12.1 Å². The Morgan fingerprint density at radius 1 is 1.00 bits per heavy atom. The van der Waals surface area contributed by atoms with Crippen LogP contribution in [0.3, 0.4) is 0 Å². The van der Waals surface area contributed by atoms with Crippen LogP contribution in [0.1, 0.15) is 11.4 Å². The first-order valence-corrected chi connectivity index (χ1v) is 6.58. The van der Waals surface area contributed by atoms with Gasteiger partial charge in [-0.15, -0.1) is 0 Å². The summed E-state index contributed by atoms with van der Waals surface area (Å²) in [5.74, 6) is 0.333. The lowest BCUT2D eigenvalue weighted by Gasteiger charge is -2.06. The zero-order chi connectivity index (χ0) is 17.2. The van der Waals surface area contributed by atoms with E-state index in [1.54, 1.807) is 6.07 Å². The third kappa shape index (κ3) is 3.33. The summed E-state index contributed by atoms with van der Waals surface area (Å²) in [4.78, 5) is 11.5. The fourth-order valence-corrected chi connectivity index (χ4v) is 1.86. The highest BCUT2D eigenvalue weighted by molar-refractivity contribution is 5.59. The fourth-order valence-electron chi connectivity index (χ4n) is 1.86. The van der Waals surface area contributed by atoms with Gasteiger partial charge in [0.15, 0.2) is 5.76 Å². The highest BCUT2D eigenvalue weighted by Crippen LogP contribution is 2.31. The van der Waals surface area contributed by atoms with Gasteiger partial charge in [-0.3, -0.25) is 0 Å². The van der Waals surface area contributed by atoms with Gasteiger partial charge in [-0.25, -0.2) is 15.0 Å². The van der Waals surface area contributed by atoms with Gasteiger partial charge in [0.25, 0.3) is 6.01 Å². The van der Waals surface area contributed by atoms with Crippen LogP contribution < -0.4 is 5.32 Å². The van der Waals surface area contributed by atoms with E-state index in [-0.39, 0.29) is 11.8 Å². The van der Waals surface area contributed by atoms with Gasteiger partial charge in [0, 0.05) is 5.56 Å². The van der Waals surface area contributed by atoms with E-state index >= 15 is 0 Å². The summed E-state index contributed by atoms with van der Waals surface area (Å²) in [6.45, 7) is 0. The molecule has 1 N–H and O–H groups in total. The average Bonchev–Trinajstić information content (AvgIpc) is 3.03. The maximum Gasteiger partial charge on any atom is 0.416 e. The molecule has 1 aromatic carbocycles. The Morgan fingerprint density at radius 2 is 1.67 bits per heavy atom. The second-order valence-corrected chi connectivity index (χ2v) is 4.64. The maximum absolute atomic E-state index is 12.5. The Labute approximate surface area is 133 Å². The molecule has 0 amide bonds. The van der Waals surface area contributed by atoms with Crippen molar-refractivity contribution in [3.8, 4) is 17.4 Å². The number of oxazole rings is 1. The van der Waals surface area contributed by atoms with E-state index in [9.17, 15) is 13.2 Å². The lowest BCUT2D eigenvalue weighted by atomic mass is 10.1. The Kier molecular flexibility index (Phi) is 3.87. The van der Waals surface area contributed by atoms with Gasteiger partial charge in [0.2, 0.25) is 5.82 Å². The molecular weight excluding hydrogens is 323 g/mol. The van der Waals surface area contributed by atoms with Crippen LogP contribution >= 0.6 is 0 Å². The molecule has 24 heavy (non-hydrogen) atoms. The lowest BCUT2D eigenvalue weighted by molar-refractivity contribution is -0.137. The first kappa shape index (κ1) is 15.5. The fraction of sp³-hybridized carbons (Fsp3) is 0.0667. The number of anilines is 2. The van der Waals surface area contributed by atoms with Crippen LogP contribution in [0.5, 0.6) is 0 Å². The third-order valence-corrected chi connectivity index (χ3v) is 3.01. The third-order valence-electron chi connectivity index (χ3n) is 3.01. The van der Waals surface area contributed by atoms with Crippen LogP contribution in [0, 0.1) is 11.3 Å². The molecule has 0 saturated heterocycles. The molecule has 6 nitrogen and oxygen atoms in total. The van der Waals surface area contributed by atoms with Crippen LogP contribution in [0.25, 0.3) is 11.3 Å². The van der Waals surface area contributed by atoms with E-state index in [1.807, 2.05) is 0 Å². The number of hydrogen-bond donors (Lipinski definition) is 1. The van der Waals surface area contributed by atoms with E-state index in [1.165, 1.54) is 30.7 Å². The summed E-state index contributed by atoms with van der Waals surface area (Å²) >= 11 is 0. The van der Waals surface area contributed by atoms with Crippen molar-refractivity contribution >= 4 is 11.7 Å². The van der Waals surface area contributed by atoms with Crippen molar-refractivity contribution in [3.63, 3.8) is 0 Å². The molecule has 0 spiro atoms. The van der Waals surface area contributed by atoms with E-state index < -0.39 is 11.7 Å². The van der Waals surface area contributed by atoms with Gasteiger partial charge in [-0.05, 0) is 12.1 Å². The number of rotatable bonds is 3. The van der Waals surface area contributed by atoms with Crippen molar-refractivity contribution in [2.45, 2.75) is 6.18 Å². The van der Waals surface area contributed by atoms with Gasteiger partial charge in [-0.2, -0.15) is 18.4 Å². The van der Waals surface area contributed by atoms with Crippen molar-refractivity contribution in [2.75, 3.05) is 5.32 Å². The van der Waals surface area contributed by atoms with E-state index in [4.69, 9.17) is 9.68 Å². The quantitative estimate of drug-likeness (QED) is 0.786. The highest BCUT2D eigenvalue weighted by atomic mass is 19.4. The number of alkyl halides is 3. The molecule has 2 heterocycles. The summed E-state index contributed by atoms with van der Waals surface area (Å²) in [5, 5.41) is 11.4. The topological polar surface area (TPSA) is 87.6 Å². The zero-order valence-electron chi connectivity index (χ0n) is 11.9. The molecule has 3 rings (SSSR count). The molecule has 0 saturated carbocycles. The van der Waals surface area contributed by atoms with Crippen LogP contribution in [-0.2, 0) is 6.18 Å². The van der Waals surface area contributed by atoms with Gasteiger partial charge in [0.1, 0.15) is 6.07 Å². The normalized spacial score (nSPS) is 11.1. The number of nitrogens with one attached hydrogen (secondary N) is 1. The van der Waals surface area contributed by atoms with Crippen molar-refractivity contribution in [1.82, 2.24) is 15.0 Å². The summed E-state index contributed by atoms with van der Waals surface area (Å²) in [6, 6.07) is 6.46. The van der Waals surface area contributed by atoms with Crippen molar-refractivity contribution < 1.29 is 17.6 Å². The SMILES string of the molecule is N#Cc1ncc(Nc2ncc(-c3ccc(C(F)(F)F)cc3)o2)cn1. The molecule has 9 heteroatoms. The summed E-state index contributed by atoms with van der Waals surface area (Å²) in [6.07, 6.45) is -0.237. The molecule has 0 aliphatic carbocycles. The lowest BCUT2D eigenvalue weighted by Crippen LogP contribution is -2.03. The average molecular weight is 331 g/mol. The monoisotopic (exact) mass is 331 g/mol. The number of benzene rings is 1. The second kappa shape index (κ2) is 6.00. The van der Waals surface area contributed by atoms with E-state index in [0.717, 1.165) is 12.1 Å². The second-order valence-electron chi connectivity index (χ2n) is 4.64. The minimum absolute atomic E-state index is 0.0263. The number of hydrogen-bond acceptors (Lipinski definition) is 6. The summed E-state index contributed by atoms with van der Waals surface area (Å²) in [5.41, 5.74) is 0.174. The smallest absolute Gasteiger partial charge is 0.416 e. The van der Waals surface area contributed by atoms with Crippen molar-refractivity contribution in [3.05, 3.63) is 54.2 Å². The predicted octanol–water partition coefficient (Wildman–Crippen LogP) is 3.77. The van der Waals surface area contributed by atoms with Crippen LogP contribution in [0.4, 0.5) is 24.9 Å². The molecule has 0 unspecified atom stereocenters. The molecule has 0 fully saturated rings. The van der Waals surface area contributed by atoms with Gasteiger partial charge < -0.3 is 9.73 Å². The molecular formula is C15H8F3N5O. The molecule has 0 aliphatic rings. The van der Waals surface area contributed by atoms with Crippen LogP contribution in [0.2, 0.25) is 0 Å². The van der Waals surface area contributed by atoms with Gasteiger partial charge in [0.05, 0.1) is 29.8 Å². The minimum atomic E-state index is -4.39. The zero-order valence-corrected chi connectivity index (χ0v) is 11.9. The van der Waals surface area contributed by atoms with Gasteiger partial charge >= 0.3 is 6.18 Å². The van der Waals surface area contributed by atoms with Crippen molar-refractivity contribution in [2.24, 2.45) is 0 Å². The summed E-state index contributed by atoms with van der Waals surface area (Å²) < 4.78 is 43.1. The molecule has 0 atom stereocenters. The Hall–Kier alpha value is -3.41. The largest absolute Gasteiger partial charge is 0.423 e. The maximum atomic E-state index is 12.5. The molecule has 120 valence electrons. The predicted molar refractivity (Wildman–Crippen MR) is 77.0 cm³/mol.